The Labute approximate surface area is 103 Å². The van der Waals surface area contributed by atoms with E-state index in [4.69, 9.17) is 5.73 Å². The topological polar surface area (TPSA) is 55.1 Å². The molecule has 0 saturated carbocycles. The van der Waals surface area contributed by atoms with Crippen molar-refractivity contribution in [1.29, 1.82) is 0 Å². The van der Waals surface area contributed by atoms with Crippen LogP contribution in [0, 0.1) is 5.92 Å². The van der Waals surface area contributed by atoms with E-state index >= 15 is 0 Å². The molecule has 0 aliphatic carbocycles. The molecule has 6 heteroatoms. The summed E-state index contributed by atoms with van der Waals surface area (Å²) in [6.07, 6.45) is -4.37. The summed E-state index contributed by atoms with van der Waals surface area (Å²) in [7, 11) is 0. The summed E-state index contributed by atoms with van der Waals surface area (Å²) >= 11 is 0. The minimum atomic E-state index is -4.37. The first-order chi connectivity index (χ1) is 8.34. The number of rotatable bonds is 4. The highest BCUT2D eigenvalue weighted by Crippen LogP contribution is 2.29. The summed E-state index contributed by atoms with van der Waals surface area (Å²) in [5.74, 6) is -0.620. The van der Waals surface area contributed by atoms with Crippen LogP contribution in [0.4, 0.5) is 13.2 Å². The summed E-state index contributed by atoms with van der Waals surface area (Å²) < 4.78 is 37.3. The molecule has 0 aliphatic rings. The van der Waals surface area contributed by atoms with Crippen LogP contribution in [0.15, 0.2) is 24.3 Å². The van der Waals surface area contributed by atoms with Gasteiger partial charge >= 0.3 is 6.18 Å². The molecule has 0 aliphatic heterocycles. The number of alkyl halides is 3. The van der Waals surface area contributed by atoms with E-state index < -0.39 is 11.7 Å². The Morgan fingerprint density at radius 3 is 2.67 bits per heavy atom. The van der Waals surface area contributed by atoms with Gasteiger partial charge in [-0.15, -0.1) is 0 Å². The summed E-state index contributed by atoms with van der Waals surface area (Å²) in [6.45, 7) is 1.92. The van der Waals surface area contributed by atoms with Crippen LogP contribution in [0.25, 0.3) is 0 Å². The first kappa shape index (κ1) is 14.5. The van der Waals surface area contributed by atoms with E-state index in [1.54, 1.807) is 6.92 Å². The van der Waals surface area contributed by atoms with Crippen molar-refractivity contribution < 1.29 is 18.0 Å². The molecule has 100 valence electrons. The number of amides is 1. The van der Waals surface area contributed by atoms with Crippen LogP contribution < -0.4 is 11.1 Å². The van der Waals surface area contributed by atoms with Crippen LogP contribution in [0.3, 0.4) is 0 Å². The Morgan fingerprint density at radius 2 is 2.11 bits per heavy atom. The number of carbonyl (C=O) groups is 1. The smallest absolute Gasteiger partial charge is 0.352 e. The fraction of sp³-hybridized carbons (Fsp3) is 0.417. The monoisotopic (exact) mass is 260 g/mol. The van der Waals surface area contributed by atoms with Crippen LogP contribution in [-0.4, -0.2) is 12.5 Å². The maximum Gasteiger partial charge on any atom is 0.416 e. The van der Waals surface area contributed by atoms with Crippen LogP contribution >= 0.6 is 0 Å². The SMILES string of the molecule is CC(CN)C(=O)NCc1cccc(C(F)(F)F)c1. The van der Waals surface area contributed by atoms with Crippen molar-refractivity contribution in [3.8, 4) is 0 Å². The molecule has 1 amide bonds. The van der Waals surface area contributed by atoms with Crippen LogP contribution in [0.1, 0.15) is 18.1 Å². The van der Waals surface area contributed by atoms with Gasteiger partial charge in [0, 0.05) is 19.0 Å². The first-order valence-electron chi connectivity index (χ1n) is 5.48. The third kappa shape index (κ3) is 4.03. The van der Waals surface area contributed by atoms with E-state index in [9.17, 15) is 18.0 Å². The molecular formula is C12H15F3N2O. The molecule has 0 saturated heterocycles. The van der Waals surface area contributed by atoms with Gasteiger partial charge in [-0.2, -0.15) is 13.2 Å². The average molecular weight is 260 g/mol. The van der Waals surface area contributed by atoms with E-state index in [1.165, 1.54) is 12.1 Å². The molecule has 3 nitrogen and oxygen atoms in total. The van der Waals surface area contributed by atoms with Crippen molar-refractivity contribution in [1.82, 2.24) is 5.32 Å². The van der Waals surface area contributed by atoms with Crippen LogP contribution in [0.5, 0.6) is 0 Å². The average Bonchev–Trinajstić information content (AvgIpc) is 2.34. The second-order valence-electron chi connectivity index (χ2n) is 4.05. The second-order valence-corrected chi connectivity index (χ2v) is 4.05. The zero-order chi connectivity index (χ0) is 13.8. The number of carbonyl (C=O) groups excluding carboxylic acids is 1. The Bertz CT molecular complexity index is 418. The molecule has 18 heavy (non-hydrogen) atoms. The van der Waals surface area contributed by atoms with Crippen molar-refractivity contribution in [2.45, 2.75) is 19.6 Å². The van der Waals surface area contributed by atoms with Gasteiger partial charge in [0.25, 0.3) is 0 Å². The highest BCUT2D eigenvalue weighted by Gasteiger charge is 2.30. The molecule has 1 aromatic carbocycles. The van der Waals surface area contributed by atoms with Gasteiger partial charge in [-0.1, -0.05) is 19.1 Å². The number of hydrogen-bond donors (Lipinski definition) is 2. The van der Waals surface area contributed by atoms with E-state index in [-0.39, 0.29) is 24.9 Å². The van der Waals surface area contributed by atoms with Gasteiger partial charge in [-0.3, -0.25) is 4.79 Å². The fourth-order valence-electron chi connectivity index (χ4n) is 1.33. The fourth-order valence-corrected chi connectivity index (χ4v) is 1.33. The lowest BCUT2D eigenvalue weighted by Gasteiger charge is -2.11. The molecule has 1 rings (SSSR count). The van der Waals surface area contributed by atoms with E-state index in [2.05, 4.69) is 5.32 Å². The Balaban J connectivity index is 2.66. The van der Waals surface area contributed by atoms with Crippen molar-refractivity contribution in [3.05, 3.63) is 35.4 Å². The van der Waals surface area contributed by atoms with Gasteiger partial charge in [-0.25, -0.2) is 0 Å². The zero-order valence-electron chi connectivity index (χ0n) is 9.92. The normalized spacial score (nSPS) is 13.2. The molecule has 0 fully saturated rings. The highest BCUT2D eigenvalue weighted by molar-refractivity contribution is 5.78. The lowest BCUT2D eigenvalue weighted by molar-refractivity contribution is -0.137. The number of nitrogens with two attached hydrogens (primary N) is 1. The van der Waals surface area contributed by atoms with E-state index in [0.717, 1.165) is 12.1 Å². The third-order valence-corrected chi connectivity index (χ3v) is 2.52. The van der Waals surface area contributed by atoms with Gasteiger partial charge in [0.05, 0.1) is 5.56 Å². The van der Waals surface area contributed by atoms with Gasteiger partial charge in [0.2, 0.25) is 5.91 Å². The quantitative estimate of drug-likeness (QED) is 0.869. The van der Waals surface area contributed by atoms with Crippen LogP contribution in [0.2, 0.25) is 0 Å². The van der Waals surface area contributed by atoms with E-state index in [0.29, 0.717) is 5.56 Å². The molecule has 0 heterocycles. The summed E-state index contributed by atoms with van der Waals surface area (Å²) in [5.41, 5.74) is 5.00. The number of hydrogen-bond acceptors (Lipinski definition) is 2. The Hall–Kier alpha value is -1.56. The Kier molecular flexibility index (Phi) is 4.72. The van der Waals surface area contributed by atoms with Gasteiger partial charge < -0.3 is 11.1 Å². The maximum atomic E-state index is 12.4. The molecule has 1 atom stereocenters. The largest absolute Gasteiger partial charge is 0.416 e. The predicted molar refractivity (Wildman–Crippen MR) is 61.5 cm³/mol. The summed E-state index contributed by atoms with van der Waals surface area (Å²) in [5, 5.41) is 2.54. The number of benzene rings is 1. The third-order valence-electron chi connectivity index (χ3n) is 2.52. The van der Waals surface area contributed by atoms with Crippen molar-refractivity contribution in [2.75, 3.05) is 6.54 Å². The lowest BCUT2D eigenvalue weighted by Crippen LogP contribution is -2.32. The van der Waals surface area contributed by atoms with Crippen molar-refractivity contribution in [2.24, 2.45) is 11.7 Å². The van der Waals surface area contributed by atoms with Gasteiger partial charge in [-0.05, 0) is 17.7 Å². The summed E-state index contributed by atoms with van der Waals surface area (Å²) in [4.78, 5) is 11.4. The standard InChI is InChI=1S/C12H15F3N2O/c1-8(6-16)11(18)17-7-9-3-2-4-10(5-9)12(13,14)15/h2-5,8H,6-7,16H2,1H3,(H,17,18). The molecule has 0 radical (unpaired) electrons. The maximum absolute atomic E-state index is 12.4. The minimum Gasteiger partial charge on any atom is -0.352 e. The molecule has 3 N–H and O–H groups in total. The number of nitrogens with one attached hydrogen (secondary N) is 1. The molecule has 0 spiro atoms. The summed E-state index contributed by atoms with van der Waals surface area (Å²) in [6, 6.07) is 4.86. The lowest BCUT2D eigenvalue weighted by atomic mass is 10.1. The van der Waals surface area contributed by atoms with E-state index in [1.807, 2.05) is 0 Å². The van der Waals surface area contributed by atoms with Crippen molar-refractivity contribution >= 4 is 5.91 Å². The van der Waals surface area contributed by atoms with Crippen LogP contribution in [-0.2, 0) is 17.5 Å². The van der Waals surface area contributed by atoms with Gasteiger partial charge in [0.15, 0.2) is 0 Å². The number of halogens is 3. The Morgan fingerprint density at radius 1 is 1.44 bits per heavy atom. The first-order valence-corrected chi connectivity index (χ1v) is 5.48. The minimum absolute atomic E-state index is 0.0626. The molecule has 1 unspecified atom stereocenters. The van der Waals surface area contributed by atoms with Gasteiger partial charge in [0.1, 0.15) is 0 Å². The zero-order valence-corrected chi connectivity index (χ0v) is 9.92. The molecule has 0 bridgehead atoms. The molecule has 1 aromatic rings. The highest BCUT2D eigenvalue weighted by atomic mass is 19.4. The molecular weight excluding hydrogens is 245 g/mol. The predicted octanol–water partition coefficient (Wildman–Crippen LogP) is 1.92. The van der Waals surface area contributed by atoms with Crippen molar-refractivity contribution in [3.63, 3.8) is 0 Å². The molecule has 0 aromatic heterocycles. The second kappa shape index (κ2) is 5.86.